The Balaban J connectivity index is 2.67. The zero-order chi connectivity index (χ0) is 11.9. The smallest absolute Gasteiger partial charge is 0.236 e. The molecule has 0 saturated carbocycles. The Morgan fingerprint density at radius 1 is 1.31 bits per heavy atom. The Hall–Kier alpha value is -1.00. The van der Waals surface area contributed by atoms with Gasteiger partial charge >= 0.3 is 0 Å². The van der Waals surface area contributed by atoms with E-state index >= 15 is 0 Å². The molecule has 2 rings (SSSR count). The van der Waals surface area contributed by atoms with E-state index in [1.807, 2.05) is 26.0 Å². The van der Waals surface area contributed by atoms with Gasteiger partial charge in [-0.15, -0.1) is 0 Å². The fourth-order valence-electron chi connectivity index (χ4n) is 1.72. The molecule has 0 radical (unpaired) electrons. The van der Waals surface area contributed by atoms with E-state index in [-0.39, 0.29) is 5.75 Å². The van der Waals surface area contributed by atoms with Gasteiger partial charge in [-0.2, -0.15) is 0 Å². The van der Waals surface area contributed by atoms with E-state index in [0.29, 0.717) is 11.1 Å². The summed E-state index contributed by atoms with van der Waals surface area (Å²) in [6, 6.07) is 5.43. The van der Waals surface area contributed by atoms with Gasteiger partial charge in [-0.3, -0.25) is 0 Å². The highest BCUT2D eigenvalue weighted by Gasteiger charge is 2.15. The van der Waals surface area contributed by atoms with Crippen LogP contribution in [0, 0.1) is 13.8 Å². The Kier molecular flexibility index (Phi) is 2.72. The largest absolute Gasteiger partial charge is 0.461 e. The molecule has 3 nitrogen and oxygen atoms in total. The SMILES string of the molecule is Cc1oc2c(CS(=O)(=O)Cl)cccc2c1C. The third kappa shape index (κ3) is 2.08. The summed E-state index contributed by atoms with van der Waals surface area (Å²) in [6.45, 7) is 3.80. The van der Waals surface area contributed by atoms with Gasteiger partial charge in [0.05, 0.1) is 5.75 Å². The average molecular weight is 259 g/mol. The first-order valence-corrected chi connectivity index (χ1v) is 7.26. The van der Waals surface area contributed by atoms with Gasteiger partial charge in [0.1, 0.15) is 11.3 Å². The van der Waals surface area contributed by atoms with Crippen LogP contribution < -0.4 is 0 Å². The van der Waals surface area contributed by atoms with Crippen molar-refractivity contribution >= 4 is 30.7 Å². The van der Waals surface area contributed by atoms with Crippen LogP contribution >= 0.6 is 10.7 Å². The van der Waals surface area contributed by atoms with E-state index in [1.54, 1.807) is 6.07 Å². The maximum Gasteiger partial charge on any atom is 0.236 e. The molecule has 0 aliphatic heterocycles. The number of hydrogen-bond acceptors (Lipinski definition) is 3. The van der Waals surface area contributed by atoms with Crippen LogP contribution in [0.1, 0.15) is 16.9 Å². The number of benzene rings is 1. The molecule has 2 aromatic rings. The van der Waals surface area contributed by atoms with E-state index in [0.717, 1.165) is 16.7 Å². The lowest BCUT2D eigenvalue weighted by Crippen LogP contribution is -1.95. The Bertz CT molecular complexity index is 641. The van der Waals surface area contributed by atoms with Crippen LogP contribution in [0.2, 0.25) is 0 Å². The molecular weight excluding hydrogens is 248 g/mol. The molecule has 86 valence electrons. The van der Waals surface area contributed by atoms with Gasteiger partial charge in [-0.1, -0.05) is 18.2 Å². The number of fused-ring (bicyclic) bond motifs is 1. The monoisotopic (exact) mass is 258 g/mol. The summed E-state index contributed by atoms with van der Waals surface area (Å²) in [4.78, 5) is 0. The van der Waals surface area contributed by atoms with Crippen LogP contribution in [-0.2, 0) is 14.8 Å². The first-order valence-electron chi connectivity index (χ1n) is 4.78. The normalized spacial score (nSPS) is 12.2. The molecule has 1 aromatic heterocycles. The lowest BCUT2D eigenvalue weighted by Gasteiger charge is -1.98. The first kappa shape index (κ1) is 11.5. The molecule has 0 unspecified atom stereocenters. The highest BCUT2D eigenvalue weighted by Crippen LogP contribution is 2.28. The minimum absolute atomic E-state index is 0.210. The van der Waals surface area contributed by atoms with Gasteiger partial charge in [-0.05, 0) is 19.4 Å². The summed E-state index contributed by atoms with van der Waals surface area (Å²) >= 11 is 0. The molecule has 0 spiro atoms. The van der Waals surface area contributed by atoms with Crippen molar-refractivity contribution in [1.82, 2.24) is 0 Å². The Morgan fingerprint density at radius 3 is 2.62 bits per heavy atom. The molecule has 1 aromatic carbocycles. The van der Waals surface area contributed by atoms with Crippen molar-refractivity contribution in [3.63, 3.8) is 0 Å². The summed E-state index contributed by atoms with van der Waals surface area (Å²) in [5.41, 5.74) is 2.24. The average Bonchev–Trinajstić information content (AvgIpc) is 2.43. The van der Waals surface area contributed by atoms with Gasteiger partial charge in [0, 0.05) is 21.6 Å². The predicted octanol–water partition coefficient (Wildman–Crippen LogP) is 3.12. The van der Waals surface area contributed by atoms with Gasteiger partial charge in [-0.25, -0.2) is 8.42 Å². The van der Waals surface area contributed by atoms with Gasteiger partial charge in [0.25, 0.3) is 0 Å². The second-order valence-electron chi connectivity index (χ2n) is 3.76. The van der Waals surface area contributed by atoms with E-state index in [9.17, 15) is 8.42 Å². The minimum Gasteiger partial charge on any atom is -0.461 e. The van der Waals surface area contributed by atoms with Crippen molar-refractivity contribution in [3.05, 3.63) is 35.1 Å². The Labute approximate surface area is 98.4 Å². The number of halogens is 1. The lowest BCUT2D eigenvalue weighted by atomic mass is 10.1. The molecule has 1 heterocycles. The van der Waals surface area contributed by atoms with Crippen LogP contribution in [0.25, 0.3) is 11.0 Å². The fourth-order valence-corrected chi connectivity index (χ4v) is 2.67. The molecule has 5 heteroatoms. The highest BCUT2D eigenvalue weighted by molar-refractivity contribution is 8.13. The zero-order valence-electron chi connectivity index (χ0n) is 8.95. The highest BCUT2D eigenvalue weighted by atomic mass is 35.7. The third-order valence-corrected chi connectivity index (χ3v) is 3.59. The van der Waals surface area contributed by atoms with Crippen LogP contribution in [-0.4, -0.2) is 8.42 Å². The van der Waals surface area contributed by atoms with Crippen LogP contribution in [0.15, 0.2) is 22.6 Å². The third-order valence-electron chi connectivity index (χ3n) is 2.61. The van der Waals surface area contributed by atoms with E-state index in [1.165, 1.54) is 0 Å². The molecule has 0 amide bonds. The van der Waals surface area contributed by atoms with Crippen molar-refractivity contribution in [3.8, 4) is 0 Å². The molecular formula is C11H11ClO3S. The minimum atomic E-state index is -3.56. The molecule has 0 aliphatic rings. The number of hydrogen-bond donors (Lipinski definition) is 0. The van der Waals surface area contributed by atoms with E-state index in [4.69, 9.17) is 15.1 Å². The molecule has 16 heavy (non-hydrogen) atoms. The molecule has 0 bridgehead atoms. The molecule has 0 aliphatic carbocycles. The topological polar surface area (TPSA) is 47.3 Å². The van der Waals surface area contributed by atoms with Gasteiger partial charge in [0.15, 0.2) is 0 Å². The molecule has 0 fully saturated rings. The quantitative estimate of drug-likeness (QED) is 0.778. The number of furan rings is 1. The Morgan fingerprint density at radius 2 is 2.00 bits per heavy atom. The molecule has 0 saturated heterocycles. The summed E-state index contributed by atoms with van der Waals surface area (Å²) in [5.74, 6) is 0.590. The number of rotatable bonds is 2. The van der Waals surface area contributed by atoms with Crippen molar-refractivity contribution in [2.45, 2.75) is 19.6 Å². The van der Waals surface area contributed by atoms with Crippen molar-refractivity contribution in [2.24, 2.45) is 0 Å². The van der Waals surface area contributed by atoms with Gasteiger partial charge < -0.3 is 4.42 Å². The predicted molar refractivity (Wildman–Crippen MR) is 64.2 cm³/mol. The summed E-state index contributed by atoms with van der Waals surface area (Å²) < 4.78 is 27.7. The van der Waals surface area contributed by atoms with Crippen LogP contribution in [0.4, 0.5) is 0 Å². The maximum atomic E-state index is 11.1. The molecule has 0 atom stereocenters. The summed E-state index contributed by atoms with van der Waals surface area (Å²) in [5, 5.41) is 0.940. The van der Waals surface area contributed by atoms with E-state index in [2.05, 4.69) is 0 Å². The maximum absolute atomic E-state index is 11.1. The second kappa shape index (κ2) is 3.79. The summed E-state index contributed by atoms with van der Waals surface area (Å²) in [7, 11) is 1.69. The van der Waals surface area contributed by atoms with E-state index < -0.39 is 9.05 Å². The van der Waals surface area contributed by atoms with Gasteiger partial charge in [0.2, 0.25) is 9.05 Å². The van der Waals surface area contributed by atoms with Crippen LogP contribution in [0.5, 0.6) is 0 Å². The molecule has 0 N–H and O–H groups in total. The number of para-hydroxylation sites is 1. The van der Waals surface area contributed by atoms with Crippen molar-refractivity contribution in [2.75, 3.05) is 0 Å². The summed E-state index contributed by atoms with van der Waals surface area (Å²) in [6.07, 6.45) is 0. The van der Waals surface area contributed by atoms with Crippen molar-refractivity contribution in [1.29, 1.82) is 0 Å². The van der Waals surface area contributed by atoms with Crippen LogP contribution in [0.3, 0.4) is 0 Å². The first-order chi connectivity index (χ1) is 7.38. The lowest BCUT2D eigenvalue weighted by molar-refractivity contribution is 0.571. The van der Waals surface area contributed by atoms with Crippen molar-refractivity contribution < 1.29 is 12.8 Å². The standard InChI is InChI=1S/C11H11ClO3S/c1-7-8(2)15-11-9(6-16(12,13)14)4-3-5-10(7)11/h3-5H,6H2,1-2H3. The fraction of sp³-hybridized carbons (Fsp3) is 0.273. The second-order valence-corrected chi connectivity index (χ2v) is 6.54. The number of aryl methyl sites for hydroxylation is 2. The zero-order valence-corrected chi connectivity index (χ0v) is 10.5.